The molecule has 3 aliphatic rings. The van der Waals surface area contributed by atoms with E-state index in [9.17, 15) is 15.3 Å². The summed E-state index contributed by atoms with van der Waals surface area (Å²) in [5, 5.41) is 30.7. The molecule has 6 atom stereocenters. The molecule has 4 rings (SSSR count). The Hall–Kier alpha value is -1.06. The predicted octanol–water partition coefficient (Wildman–Crippen LogP) is 2.58. The van der Waals surface area contributed by atoms with Crippen LogP contribution in [0.5, 0.6) is 5.75 Å². The summed E-state index contributed by atoms with van der Waals surface area (Å²) in [6, 6.07) is 1.77. The number of fused-ring (bicyclic) bond motifs is 5. The van der Waals surface area contributed by atoms with E-state index >= 15 is 0 Å². The van der Waals surface area contributed by atoms with Crippen molar-refractivity contribution in [2.75, 3.05) is 0 Å². The zero-order valence-corrected chi connectivity index (χ0v) is 12.3. The minimum atomic E-state index is -1.81. The van der Waals surface area contributed by atoms with E-state index in [0.29, 0.717) is 19.3 Å². The number of aliphatic hydroxyl groups excluding tert-OH is 1. The van der Waals surface area contributed by atoms with Crippen molar-refractivity contribution in [3.63, 3.8) is 0 Å². The van der Waals surface area contributed by atoms with Crippen LogP contribution < -0.4 is 0 Å². The van der Waals surface area contributed by atoms with Crippen molar-refractivity contribution >= 4 is 0 Å². The largest absolute Gasteiger partial charge is 0.508 e. The molecule has 0 spiro atoms. The fourth-order valence-electron chi connectivity index (χ4n) is 5.22. The Kier molecular flexibility index (Phi) is 2.26. The average molecular weight is 291 g/mol. The van der Waals surface area contributed by atoms with Crippen LogP contribution in [0.4, 0.5) is 0 Å². The number of phenolic OH excluding ortho intramolecular Hbond substituents is 1. The monoisotopic (exact) mass is 291 g/mol. The molecule has 3 unspecified atom stereocenters. The quantitative estimate of drug-likeness (QED) is 0.688. The maximum atomic E-state index is 10.6. The van der Waals surface area contributed by atoms with Gasteiger partial charge in [-0.1, -0.05) is 13.0 Å². The van der Waals surface area contributed by atoms with E-state index < -0.39 is 17.6 Å². The Balaban J connectivity index is 1.77. The fraction of sp³-hybridized carbons (Fsp3) is 0.667. The van der Waals surface area contributed by atoms with Crippen LogP contribution in [0.3, 0.4) is 0 Å². The SMILES string of the molecule is [2H]c1cc2c(c([2H])c1O)CC[C@@H]1C2CC[C@@]2(C)C1CC(O)[C@]2([2H])O. The standard InChI is InChI=1S/C18H24O3/c1-18-7-6-13-12-5-3-11(19)8-10(12)2-4-14(13)15(18)9-16(20)17(18)21/h3,5,8,13-17,19-21H,2,4,6-7,9H2,1H3/t13?,14-,15?,16?,17+,18+/m1/s1/i3D,8D,17D. The molecule has 0 bridgehead atoms. The van der Waals surface area contributed by atoms with Gasteiger partial charge in [-0.15, -0.1) is 0 Å². The Morgan fingerprint density at radius 1 is 1.38 bits per heavy atom. The molecule has 3 heteroatoms. The molecular formula is C18H24O3. The Bertz CT molecular complexity index is 705. The maximum absolute atomic E-state index is 10.6. The van der Waals surface area contributed by atoms with E-state index in [1.165, 1.54) is 0 Å². The number of hydrogen-bond donors (Lipinski definition) is 3. The van der Waals surface area contributed by atoms with Crippen molar-refractivity contribution in [2.24, 2.45) is 17.3 Å². The Labute approximate surface area is 129 Å². The lowest BCUT2D eigenvalue weighted by Gasteiger charge is -2.49. The van der Waals surface area contributed by atoms with Gasteiger partial charge in [0.2, 0.25) is 0 Å². The van der Waals surface area contributed by atoms with Crippen LogP contribution >= 0.6 is 0 Å². The summed E-state index contributed by atoms with van der Waals surface area (Å²) >= 11 is 0. The number of hydrogen-bond acceptors (Lipinski definition) is 3. The number of aliphatic hydroxyl groups is 2. The Morgan fingerprint density at radius 2 is 2.19 bits per heavy atom. The summed E-state index contributed by atoms with van der Waals surface area (Å²) in [5.74, 6) is 0.249. The summed E-state index contributed by atoms with van der Waals surface area (Å²) in [5.41, 5.74) is 1.21. The highest BCUT2D eigenvalue weighted by atomic mass is 16.3. The lowest BCUT2D eigenvalue weighted by molar-refractivity contribution is -0.0505. The van der Waals surface area contributed by atoms with Crippen LogP contribution in [-0.4, -0.2) is 27.5 Å². The van der Waals surface area contributed by atoms with Crippen molar-refractivity contribution < 1.29 is 19.4 Å². The fourth-order valence-corrected chi connectivity index (χ4v) is 5.22. The van der Waals surface area contributed by atoms with Crippen molar-refractivity contribution in [2.45, 2.75) is 57.1 Å². The van der Waals surface area contributed by atoms with Crippen LogP contribution in [0.1, 0.15) is 53.8 Å². The van der Waals surface area contributed by atoms with E-state index in [4.69, 9.17) is 4.11 Å². The first-order valence-electron chi connectivity index (χ1n) is 9.41. The summed E-state index contributed by atoms with van der Waals surface area (Å²) in [6.45, 7) is 1.93. The molecule has 3 aliphatic carbocycles. The van der Waals surface area contributed by atoms with Crippen molar-refractivity contribution in [1.29, 1.82) is 0 Å². The number of benzene rings is 1. The van der Waals surface area contributed by atoms with Crippen molar-refractivity contribution in [3.05, 3.63) is 29.3 Å². The zero-order valence-electron chi connectivity index (χ0n) is 15.3. The molecule has 114 valence electrons. The second kappa shape index (κ2) is 4.47. The van der Waals surface area contributed by atoms with E-state index in [-0.39, 0.29) is 35.6 Å². The third kappa shape index (κ3) is 1.80. The van der Waals surface area contributed by atoms with E-state index in [1.54, 1.807) is 6.07 Å². The summed E-state index contributed by atoms with van der Waals surface area (Å²) < 4.78 is 24.3. The van der Waals surface area contributed by atoms with Gasteiger partial charge in [-0.25, -0.2) is 0 Å². The molecule has 3 nitrogen and oxygen atoms in total. The van der Waals surface area contributed by atoms with Gasteiger partial charge in [0.15, 0.2) is 0 Å². The third-order valence-electron chi connectivity index (χ3n) is 6.31. The van der Waals surface area contributed by atoms with Crippen LogP contribution in [0.15, 0.2) is 18.2 Å². The highest BCUT2D eigenvalue weighted by molar-refractivity contribution is 5.40. The van der Waals surface area contributed by atoms with Gasteiger partial charge < -0.3 is 15.3 Å². The third-order valence-corrected chi connectivity index (χ3v) is 6.31. The minimum Gasteiger partial charge on any atom is -0.508 e. The molecule has 0 aromatic heterocycles. The molecule has 21 heavy (non-hydrogen) atoms. The first-order chi connectivity index (χ1) is 11.2. The minimum absolute atomic E-state index is 0.00353. The van der Waals surface area contributed by atoms with Crippen LogP contribution in [-0.2, 0) is 6.42 Å². The highest BCUT2D eigenvalue weighted by Gasteiger charge is 2.57. The van der Waals surface area contributed by atoms with Crippen molar-refractivity contribution in [3.8, 4) is 5.75 Å². The highest BCUT2D eigenvalue weighted by Crippen LogP contribution is 2.60. The lowest BCUT2D eigenvalue weighted by atomic mass is 9.55. The first-order valence-corrected chi connectivity index (χ1v) is 7.91. The molecule has 0 heterocycles. The van der Waals surface area contributed by atoms with Gasteiger partial charge in [0.25, 0.3) is 0 Å². The topological polar surface area (TPSA) is 60.7 Å². The molecule has 0 radical (unpaired) electrons. The molecule has 0 aliphatic heterocycles. The van der Waals surface area contributed by atoms with Gasteiger partial charge >= 0.3 is 0 Å². The average Bonchev–Trinajstić information content (AvgIpc) is 2.72. The molecule has 2 saturated carbocycles. The van der Waals surface area contributed by atoms with Gasteiger partial charge in [-0.2, -0.15) is 0 Å². The van der Waals surface area contributed by atoms with Gasteiger partial charge in [-0.3, -0.25) is 0 Å². The molecule has 3 N–H and O–H groups in total. The van der Waals surface area contributed by atoms with Gasteiger partial charge in [0, 0.05) is 0 Å². The van der Waals surface area contributed by atoms with E-state index in [2.05, 4.69) is 0 Å². The number of rotatable bonds is 0. The number of phenols is 1. The van der Waals surface area contributed by atoms with Gasteiger partial charge in [0.1, 0.15) is 5.75 Å². The van der Waals surface area contributed by atoms with E-state index in [1.807, 2.05) is 6.92 Å². The molecule has 0 amide bonds. The molecule has 0 saturated heterocycles. The molecular weight excluding hydrogens is 264 g/mol. The number of aromatic hydroxyl groups is 1. The van der Waals surface area contributed by atoms with Crippen LogP contribution in [0.25, 0.3) is 0 Å². The second-order valence-corrected chi connectivity index (χ2v) is 7.20. The summed E-state index contributed by atoms with van der Waals surface area (Å²) in [7, 11) is 0. The lowest BCUT2D eigenvalue weighted by Crippen LogP contribution is -2.44. The summed E-state index contributed by atoms with van der Waals surface area (Å²) in [4.78, 5) is 0. The maximum Gasteiger partial charge on any atom is 0.115 e. The van der Waals surface area contributed by atoms with Crippen LogP contribution in [0, 0.1) is 17.3 Å². The Morgan fingerprint density at radius 3 is 3.00 bits per heavy atom. The van der Waals surface area contributed by atoms with E-state index in [0.717, 1.165) is 24.0 Å². The van der Waals surface area contributed by atoms with Gasteiger partial charge in [-0.05, 0) is 78.5 Å². The summed E-state index contributed by atoms with van der Waals surface area (Å²) in [6.07, 6.45) is 0.544. The van der Waals surface area contributed by atoms with Crippen molar-refractivity contribution in [1.82, 2.24) is 0 Å². The zero-order chi connectivity index (χ0) is 17.4. The normalized spacial score (nSPS) is 50.3. The second-order valence-electron chi connectivity index (χ2n) is 7.20. The smallest absolute Gasteiger partial charge is 0.115 e. The first kappa shape index (κ1) is 10.6. The molecule has 2 fully saturated rings. The van der Waals surface area contributed by atoms with Crippen LogP contribution in [0.2, 0.25) is 0 Å². The van der Waals surface area contributed by atoms with Gasteiger partial charge in [0.05, 0.1) is 16.3 Å². The predicted molar refractivity (Wildman–Crippen MR) is 80.1 cm³/mol. The molecule has 1 aromatic carbocycles. The molecule has 1 aromatic rings.